The molecule has 0 aliphatic carbocycles. The van der Waals surface area contributed by atoms with Gasteiger partial charge in [-0.15, -0.1) is 0 Å². The molecule has 3 aromatic carbocycles. The van der Waals surface area contributed by atoms with Crippen LogP contribution in [0.15, 0.2) is 66.7 Å². The Bertz CT molecular complexity index is 1070. The summed E-state index contributed by atoms with van der Waals surface area (Å²) in [6.07, 6.45) is 0. The molecular formula is C24H23ClN2O4. The lowest BCUT2D eigenvalue weighted by Crippen LogP contribution is -2.13. The third kappa shape index (κ3) is 6.23. The van der Waals surface area contributed by atoms with Gasteiger partial charge in [0, 0.05) is 29.4 Å². The van der Waals surface area contributed by atoms with Crippen molar-refractivity contribution >= 4 is 34.8 Å². The second-order valence-electron chi connectivity index (χ2n) is 6.69. The van der Waals surface area contributed by atoms with E-state index in [2.05, 4.69) is 10.6 Å². The number of carbonyl (C=O) groups is 2. The zero-order valence-electron chi connectivity index (χ0n) is 17.3. The highest BCUT2D eigenvalue weighted by molar-refractivity contribution is 6.32. The molecule has 3 rings (SSSR count). The van der Waals surface area contributed by atoms with Crippen molar-refractivity contribution in [2.24, 2.45) is 0 Å². The highest BCUT2D eigenvalue weighted by atomic mass is 35.5. The first-order valence-electron chi connectivity index (χ1n) is 9.78. The zero-order chi connectivity index (χ0) is 22.2. The molecule has 0 bridgehead atoms. The van der Waals surface area contributed by atoms with Crippen LogP contribution in [-0.4, -0.2) is 18.4 Å². The molecule has 0 saturated carbocycles. The van der Waals surface area contributed by atoms with Crippen molar-refractivity contribution in [2.75, 3.05) is 17.2 Å². The van der Waals surface area contributed by atoms with Crippen LogP contribution < -0.4 is 20.1 Å². The quantitative estimate of drug-likeness (QED) is 0.485. The number of hydrogen-bond acceptors (Lipinski definition) is 4. The van der Waals surface area contributed by atoms with Gasteiger partial charge >= 0.3 is 0 Å². The van der Waals surface area contributed by atoms with Gasteiger partial charge in [0.25, 0.3) is 5.91 Å². The molecule has 0 aliphatic rings. The predicted molar refractivity (Wildman–Crippen MR) is 122 cm³/mol. The standard InChI is InChI=1S/C24H23ClN2O4/c1-3-30-22-13-8-17(14-18(22)15-31-23-7-5-4-6-21(23)25)24(29)27-20-11-9-19(10-12-20)26-16(2)28/h4-14H,3,15H2,1-2H3,(H,26,28)(H,27,29). The number of anilines is 2. The van der Waals surface area contributed by atoms with Gasteiger partial charge in [0.1, 0.15) is 18.1 Å². The lowest BCUT2D eigenvalue weighted by Gasteiger charge is -2.14. The molecule has 0 radical (unpaired) electrons. The number of amides is 2. The summed E-state index contributed by atoms with van der Waals surface area (Å²) < 4.78 is 11.5. The minimum absolute atomic E-state index is 0.155. The Morgan fingerprint density at radius 2 is 1.55 bits per heavy atom. The fraction of sp³-hybridized carbons (Fsp3) is 0.167. The third-order valence-electron chi connectivity index (χ3n) is 4.31. The van der Waals surface area contributed by atoms with Gasteiger partial charge in [0.05, 0.1) is 11.6 Å². The molecule has 6 nitrogen and oxygen atoms in total. The van der Waals surface area contributed by atoms with Crippen LogP contribution in [0, 0.1) is 0 Å². The number of rotatable bonds is 8. The molecule has 2 amide bonds. The van der Waals surface area contributed by atoms with Crippen LogP contribution in [0.1, 0.15) is 29.8 Å². The molecule has 7 heteroatoms. The van der Waals surface area contributed by atoms with Crippen molar-refractivity contribution in [1.82, 2.24) is 0 Å². The van der Waals surface area contributed by atoms with E-state index < -0.39 is 0 Å². The molecule has 0 atom stereocenters. The first-order valence-corrected chi connectivity index (χ1v) is 10.2. The van der Waals surface area contributed by atoms with Crippen molar-refractivity contribution < 1.29 is 19.1 Å². The summed E-state index contributed by atoms with van der Waals surface area (Å²) in [7, 11) is 0. The van der Waals surface area contributed by atoms with Crippen LogP contribution in [0.3, 0.4) is 0 Å². The van der Waals surface area contributed by atoms with Gasteiger partial charge in [-0.1, -0.05) is 23.7 Å². The third-order valence-corrected chi connectivity index (χ3v) is 4.62. The van der Waals surface area contributed by atoms with Crippen LogP contribution >= 0.6 is 11.6 Å². The van der Waals surface area contributed by atoms with Crippen LogP contribution in [0.5, 0.6) is 11.5 Å². The molecular weight excluding hydrogens is 416 g/mol. The van der Waals surface area contributed by atoms with Crippen LogP contribution in [-0.2, 0) is 11.4 Å². The average Bonchev–Trinajstić information content (AvgIpc) is 2.75. The topological polar surface area (TPSA) is 76.7 Å². The van der Waals surface area contributed by atoms with Gasteiger partial charge in [-0.05, 0) is 61.5 Å². The molecule has 0 fully saturated rings. The summed E-state index contributed by atoms with van der Waals surface area (Å²) in [5.41, 5.74) is 2.47. The van der Waals surface area contributed by atoms with E-state index in [1.807, 2.05) is 19.1 Å². The maximum atomic E-state index is 12.7. The number of ether oxygens (including phenoxy) is 2. The molecule has 31 heavy (non-hydrogen) atoms. The Kier molecular flexibility index (Phi) is 7.51. The van der Waals surface area contributed by atoms with Gasteiger partial charge in [-0.2, -0.15) is 0 Å². The molecule has 0 aliphatic heterocycles. The van der Waals surface area contributed by atoms with Gasteiger partial charge in [-0.3, -0.25) is 9.59 Å². The first kappa shape index (κ1) is 22.2. The molecule has 0 unspecified atom stereocenters. The summed E-state index contributed by atoms with van der Waals surface area (Å²) in [6.45, 7) is 4.02. The number of nitrogens with one attached hydrogen (secondary N) is 2. The summed E-state index contributed by atoms with van der Waals surface area (Å²) >= 11 is 6.16. The van der Waals surface area contributed by atoms with E-state index in [0.717, 1.165) is 5.56 Å². The zero-order valence-corrected chi connectivity index (χ0v) is 18.0. The highest BCUT2D eigenvalue weighted by Gasteiger charge is 2.12. The summed E-state index contributed by atoms with van der Waals surface area (Å²) in [5.74, 6) is 0.776. The monoisotopic (exact) mass is 438 g/mol. The largest absolute Gasteiger partial charge is 0.493 e. The number of benzene rings is 3. The van der Waals surface area contributed by atoms with E-state index in [0.29, 0.717) is 40.1 Å². The minimum Gasteiger partial charge on any atom is -0.493 e. The fourth-order valence-electron chi connectivity index (χ4n) is 2.89. The van der Waals surface area contributed by atoms with Crippen molar-refractivity contribution in [3.8, 4) is 11.5 Å². The summed E-state index contributed by atoms with van der Waals surface area (Å²) in [5, 5.41) is 6.04. The van der Waals surface area contributed by atoms with E-state index in [1.54, 1.807) is 54.6 Å². The van der Waals surface area contributed by atoms with Gasteiger partial charge in [0.15, 0.2) is 0 Å². The Labute approximate surface area is 186 Å². The van der Waals surface area contributed by atoms with Crippen molar-refractivity contribution in [2.45, 2.75) is 20.5 Å². The molecule has 0 saturated heterocycles. The van der Waals surface area contributed by atoms with E-state index in [4.69, 9.17) is 21.1 Å². The highest BCUT2D eigenvalue weighted by Crippen LogP contribution is 2.27. The van der Waals surface area contributed by atoms with Gasteiger partial charge < -0.3 is 20.1 Å². The molecule has 0 spiro atoms. The normalized spacial score (nSPS) is 10.3. The van der Waals surface area contributed by atoms with Crippen LogP contribution in [0.4, 0.5) is 11.4 Å². The second kappa shape index (κ2) is 10.5. The van der Waals surface area contributed by atoms with Gasteiger partial charge in [0.2, 0.25) is 5.91 Å². The smallest absolute Gasteiger partial charge is 0.255 e. The maximum Gasteiger partial charge on any atom is 0.255 e. The number of carbonyl (C=O) groups excluding carboxylic acids is 2. The van der Waals surface area contributed by atoms with E-state index in [1.165, 1.54) is 6.92 Å². The molecule has 2 N–H and O–H groups in total. The number of hydrogen-bond donors (Lipinski definition) is 2. The Morgan fingerprint density at radius 1 is 0.871 bits per heavy atom. The summed E-state index contributed by atoms with van der Waals surface area (Å²) in [6, 6.07) is 19.3. The molecule has 160 valence electrons. The molecule has 0 aromatic heterocycles. The van der Waals surface area contributed by atoms with Crippen LogP contribution in [0.25, 0.3) is 0 Å². The maximum absolute atomic E-state index is 12.7. The Hall–Kier alpha value is -3.51. The van der Waals surface area contributed by atoms with E-state index >= 15 is 0 Å². The Morgan fingerprint density at radius 3 is 2.19 bits per heavy atom. The van der Waals surface area contributed by atoms with Crippen molar-refractivity contribution in [3.05, 3.63) is 82.9 Å². The lowest BCUT2D eigenvalue weighted by molar-refractivity contribution is -0.114. The first-order chi connectivity index (χ1) is 15.0. The second-order valence-corrected chi connectivity index (χ2v) is 7.09. The van der Waals surface area contributed by atoms with Gasteiger partial charge in [-0.25, -0.2) is 0 Å². The lowest BCUT2D eigenvalue weighted by atomic mass is 10.1. The molecule has 0 heterocycles. The van der Waals surface area contributed by atoms with E-state index in [9.17, 15) is 9.59 Å². The van der Waals surface area contributed by atoms with Crippen molar-refractivity contribution in [1.29, 1.82) is 0 Å². The van der Waals surface area contributed by atoms with E-state index in [-0.39, 0.29) is 18.4 Å². The Balaban J connectivity index is 1.74. The molecule has 3 aromatic rings. The fourth-order valence-corrected chi connectivity index (χ4v) is 3.08. The SMILES string of the molecule is CCOc1ccc(C(=O)Nc2ccc(NC(C)=O)cc2)cc1COc1ccccc1Cl. The minimum atomic E-state index is -0.269. The number of para-hydroxylation sites is 1. The van der Waals surface area contributed by atoms with Crippen molar-refractivity contribution in [3.63, 3.8) is 0 Å². The summed E-state index contributed by atoms with van der Waals surface area (Å²) in [4.78, 5) is 23.9. The number of halogens is 1. The predicted octanol–water partition coefficient (Wildman–Crippen LogP) is 5.53. The average molecular weight is 439 g/mol. The van der Waals surface area contributed by atoms with Crippen LogP contribution in [0.2, 0.25) is 5.02 Å².